The van der Waals surface area contributed by atoms with E-state index in [4.69, 9.17) is 31.5 Å². The Balaban J connectivity index is 1.88. The molecule has 0 aromatic carbocycles. The number of hydrogen-bond acceptors (Lipinski definition) is 7. The van der Waals surface area contributed by atoms with Gasteiger partial charge in [0, 0.05) is 32.0 Å². The highest BCUT2D eigenvalue weighted by Crippen LogP contribution is 2.41. The molecule has 28 heavy (non-hydrogen) atoms. The molecule has 0 bridgehead atoms. The SMILES string of the molecule is Cc1nc2c3c(c(NCCCCO)nn2c1-c1ccnc(Cl)c1)N(C)CCO3. The van der Waals surface area contributed by atoms with E-state index < -0.39 is 0 Å². The number of aromatic nitrogens is 4. The number of aliphatic hydroxyl groups is 1. The Labute approximate surface area is 168 Å². The number of imidazole rings is 1. The number of nitrogens with one attached hydrogen (secondary N) is 1. The molecule has 4 rings (SSSR count). The third-order valence-corrected chi connectivity index (χ3v) is 5.01. The van der Waals surface area contributed by atoms with E-state index in [-0.39, 0.29) is 6.61 Å². The van der Waals surface area contributed by atoms with Crippen molar-refractivity contribution in [3.8, 4) is 17.0 Å². The van der Waals surface area contributed by atoms with E-state index in [9.17, 15) is 0 Å². The first-order valence-electron chi connectivity index (χ1n) is 9.34. The minimum Gasteiger partial charge on any atom is -0.486 e. The molecule has 0 amide bonds. The van der Waals surface area contributed by atoms with Crippen molar-refractivity contribution in [3.63, 3.8) is 0 Å². The molecule has 0 aliphatic carbocycles. The van der Waals surface area contributed by atoms with E-state index in [0.717, 1.165) is 53.6 Å². The Morgan fingerprint density at radius 2 is 2.21 bits per heavy atom. The Morgan fingerprint density at radius 3 is 3.00 bits per heavy atom. The fourth-order valence-corrected chi connectivity index (χ4v) is 3.62. The second-order valence-electron chi connectivity index (χ2n) is 6.80. The van der Waals surface area contributed by atoms with Gasteiger partial charge in [0.25, 0.3) is 0 Å². The molecule has 3 aromatic heterocycles. The van der Waals surface area contributed by atoms with Crippen molar-refractivity contribution in [3.05, 3.63) is 29.2 Å². The average molecular weight is 403 g/mol. The lowest BCUT2D eigenvalue weighted by Gasteiger charge is -2.29. The highest BCUT2D eigenvalue weighted by Gasteiger charge is 2.27. The fourth-order valence-electron chi connectivity index (χ4n) is 3.45. The molecule has 2 N–H and O–H groups in total. The molecule has 8 nitrogen and oxygen atoms in total. The molecule has 0 spiro atoms. The van der Waals surface area contributed by atoms with Crippen molar-refractivity contribution >= 4 is 28.8 Å². The molecular weight excluding hydrogens is 380 g/mol. The number of unbranched alkanes of at least 4 members (excludes halogenated alkanes) is 1. The highest BCUT2D eigenvalue weighted by molar-refractivity contribution is 6.29. The second kappa shape index (κ2) is 7.81. The number of hydrogen-bond donors (Lipinski definition) is 2. The van der Waals surface area contributed by atoms with E-state index in [1.807, 2.05) is 24.6 Å². The van der Waals surface area contributed by atoms with Gasteiger partial charge < -0.3 is 20.1 Å². The summed E-state index contributed by atoms with van der Waals surface area (Å²) in [5, 5.41) is 17.7. The molecule has 0 fully saturated rings. The zero-order chi connectivity index (χ0) is 19.7. The Kier molecular flexibility index (Phi) is 5.23. The van der Waals surface area contributed by atoms with Gasteiger partial charge in [-0.1, -0.05) is 11.6 Å². The number of aliphatic hydroxyl groups excluding tert-OH is 1. The van der Waals surface area contributed by atoms with Crippen LogP contribution in [-0.4, -0.2) is 58.0 Å². The fraction of sp³-hybridized carbons (Fsp3) is 0.421. The number of likely N-dealkylation sites (N-methyl/N-ethyl adjacent to an activating group) is 1. The van der Waals surface area contributed by atoms with Crippen LogP contribution in [0.1, 0.15) is 18.5 Å². The number of fused-ring (bicyclic) bond motifs is 3. The predicted molar refractivity (Wildman–Crippen MR) is 110 cm³/mol. The summed E-state index contributed by atoms with van der Waals surface area (Å²) in [4.78, 5) is 10.9. The number of halogens is 1. The third-order valence-electron chi connectivity index (χ3n) is 4.80. The van der Waals surface area contributed by atoms with Gasteiger partial charge in [0.15, 0.2) is 17.2 Å². The van der Waals surface area contributed by atoms with Crippen molar-refractivity contribution in [1.29, 1.82) is 0 Å². The van der Waals surface area contributed by atoms with Gasteiger partial charge in [-0.3, -0.25) is 0 Å². The zero-order valence-corrected chi connectivity index (χ0v) is 16.7. The Bertz CT molecular complexity index is 1010. The number of rotatable bonds is 6. The summed E-state index contributed by atoms with van der Waals surface area (Å²) in [6.07, 6.45) is 3.27. The van der Waals surface area contributed by atoms with E-state index in [1.54, 1.807) is 12.3 Å². The molecule has 0 atom stereocenters. The maximum absolute atomic E-state index is 9.03. The number of nitrogens with zero attached hydrogens (tertiary/aromatic N) is 5. The van der Waals surface area contributed by atoms with Crippen LogP contribution < -0.4 is 15.0 Å². The monoisotopic (exact) mass is 402 g/mol. The molecule has 0 unspecified atom stereocenters. The number of pyridine rings is 1. The highest BCUT2D eigenvalue weighted by atomic mass is 35.5. The number of anilines is 2. The standard InChI is InChI=1S/C19H23ClN6O2/c1-12-15(13-5-7-21-14(20)11-13)26-19(23-12)17-16(25(2)8-10-28-17)18(24-26)22-6-3-4-9-27/h5,7,11,27H,3-4,6,8-10H2,1-2H3,(H,22,24). The molecule has 0 radical (unpaired) electrons. The molecule has 9 heteroatoms. The minimum absolute atomic E-state index is 0.183. The lowest BCUT2D eigenvalue weighted by atomic mass is 10.2. The molecule has 1 aliphatic rings. The van der Waals surface area contributed by atoms with Gasteiger partial charge in [-0.05, 0) is 31.9 Å². The third kappa shape index (κ3) is 3.33. The maximum Gasteiger partial charge on any atom is 0.199 e. The normalized spacial score (nSPS) is 13.5. The summed E-state index contributed by atoms with van der Waals surface area (Å²) in [7, 11) is 2.03. The molecular formula is C19H23ClN6O2. The molecule has 0 saturated heterocycles. The van der Waals surface area contributed by atoms with Gasteiger partial charge in [0.05, 0.1) is 17.9 Å². The predicted octanol–water partition coefficient (Wildman–Crippen LogP) is 2.77. The lowest BCUT2D eigenvalue weighted by Crippen LogP contribution is -2.31. The van der Waals surface area contributed by atoms with Crippen LogP contribution in [0.4, 0.5) is 11.5 Å². The summed E-state index contributed by atoms with van der Waals surface area (Å²) >= 11 is 6.10. The molecule has 3 aromatic rings. The molecule has 4 heterocycles. The first-order chi connectivity index (χ1) is 13.6. The summed E-state index contributed by atoms with van der Waals surface area (Å²) in [5.41, 5.74) is 4.19. The van der Waals surface area contributed by atoms with Crippen LogP contribution in [0, 0.1) is 6.92 Å². The van der Waals surface area contributed by atoms with Gasteiger partial charge >= 0.3 is 0 Å². The lowest BCUT2D eigenvalue weighted by molar-refractivity contribution is 0.286. The number of aryl methyl sites for hydroxylation is 1. The quantitative estimate of drug-likeness (QED) is 0.484. The van der Waals surface area contributed by atoms with Crippen LogP contribution >= 0.6 is 11.6 Å². The molecule has 1 aliphatic heterocycles. The van der Waals surface area contributed by atoms with Crippen molar-refractivity contribution in [2.75, 3.05) is 43.6 Å². The molecule has 0 saturated carbocycles. The number of ether oxygens (including phenoxy) is 1. The summed E-state index contributed by atoms with van der Waals surface area (Å²) in [5.74, 6) is 1.46. The average Bonchev–Trinajstić information content (AvgIpc) is 3.01. The first kappa shape index (κ1) is 18.8. The van der Waals surface area contributed by atoms with Crippen LogP contribution in [0.25, 0.3) is 16.9 Å². The van der Waals surface area contributed by atoms with E-state index >= 15 is 0 Å². The second-order valence-corrected chi connectivity index (χ2v) is 7.19. The van der Waals surface area contributed by atoms with Gasteiger partial charge in [0.2, 0.25) is 0 Å². The van der Waals surface area contributed by atoms with E-state index in [0.29, 0.717) is 24.0 Å². The Hall–Kier alpha value is -2.58. The van der Waals surface area contributed by atoms with Crippen LogP contribution in [0.3, 0.4) is 0 Å². The van der Waals surface area contributed by atoms with Crippen LogP contribution in [0.15, 0.2) is 18.3 Å². The van der Waals surface area contributed by atoms with Crippen molar-refractivity contribution in [1.82, 2.24) is 19.6 Å². The van der Waals surface area contributed by atoms with Crippen molar-refractivity contribution in [2.24, 2.45) is 0 Å². The van der Waals surface area contributed by atoms with Gasteiger partial charge in [-0.2, -0.15) is 0 Å². The van der Waals surface area contributed by atoms with E-state index in [2.05, 4.69) is 15.2 Å². The van der Waals surface area contributed by atoms with Gasteiger partial charge in [-0.15, -0.1) is 5.10 Å². The van der Waals surface area contributed by atoms with Crippen LogP contribution in [0.5, 0.6) is 5.75 Å². The molecule has 148 valence electrons. The summed E-state index contributed by atoms with van der Waals surface area (Å²) in [6, 6.07) is 3.70. The largest absolute Gasteiger partial charge is 0.486 e. The van der Waals surface area contributed by atoms with Gasteiger partial charge in [0.1, 0.15) is 17.4 Å². The van der Waals surface area contributed by atoms with Crippen LogP contribution in [0.2, 0.25) is 5.15 Å². The summed E-state index contributed by atoms with van der Waals surface area (Å²) < 4.78 is 7.83. The van der Waals surface area contributed by atoms with Crippen molar-refractivity contribution in [2.45, 2.75) is 19.8 Å². The summed E-state index contributed by atoms with van der Waals surface area (Å²) in [6.45, 7) is 4.22. The van der Waals surface area contributed by atoms with E-state index in [1.165, 1.54) is 0 Å². The minimum atomic E-state index is 0.183. The topological polar surface area (TPSA) is 87.8 Å². The van der Waals surface area contributed by atoms with Crippen molar-refractivity contribution < 1.29 is 9.84 Å². The smallest absolute Gasteiger partial charge is 0.199 e. The maximum atomic E-state index is 9.03. The first-order valence-corrected chi connectivity index (χ1v) is 9.72. The zero-order valence-electron chi connectivity index (χ0n) is 15.9. The van der Waals surface area contributed by atoms with Gasteiger partial charge in [-0.25, -0.2) is 14.5 Å². The van der Waals surface area contributed by atoms with Crippen LogP contribution in [-0.2, 0) is 0 Å². The Morgan fingerprint density at radius 1 is 1.36 bits per heavy atom.